The highest BCUT2D eigenvalue weighted by Gasteiger charge is 2.23. The summed E-state index contributed by atoms with van der Waals surface area (Å²) in [5.41, 5.74) is 8.00. The molecule has 3 rings (SSSR count). The van der Waals surface area contributed by atoms with E-state index in [4.69, 9.17) is 0 Å². The summed E-state index contributed by atoms with van der Waals surface area (Å²) in [4.78, 5) is 2.98. The quantitative estimate of drug-likeness (QED) is 0.549. The van der Waals surface area contributed by atoms with Crippen LogP contribution in [0.2, 0.25) is 0 Å². The van der Waals surface area contributed by atoms with E-state index in [1.54, 1.807) is 0 Å². The van der Waals surface area contributed by atoms with Crippen LogP contribution in [0.3, 0.4) is 0 Å². The molecule has 1 heterocycles. The van der Waals surface area contributed by atoms with E-state index in [-0.39, 0.29) is 12.4 Å². The van der Waals surface area contributed by atoms with Crippen molar-refractivity contribution in [3.8, 4) is 0 Å². The number of nitrogens with one attached hydrogen (secondary N) is 1. The Morgan fingerprint density at radius 2 is 1.42 bits per heavy atom. The normalized spacial score (nSPS) is 14.2. The van der Waals surface area contributed by atoms with Gasteiger partial charge in [-0.1, -0.05) is 30.7 Å². The van der Waals surface area contributed by atoms with Gasteiger partial charge in [0.25, 0.3) is 0 Å². The molecule has 1 aliphatic rings. The average molecular weight is 465 g/mol. The number of benzene rings is 2. The Bertz CT molecular complexity index is 989. The fourth-order valence-electron chi connectivity index (χ4n) is 4.53. The van der Waals surface area contributed by atoms with Gasteiger partial charge in [0.1, 0.15) is 0 Å². The van der Waals surface area contributed by atoms with Crippen LogP contribution in [0.15, 0.2) is 29.2 Å². The topological polar surface area (TPSA) is 49.4 Å². The third-order valence-corrected chi connectivity index (χ3v) is 8.59. The first-order valence-electron chi connectivity index (χ1n) is 11.1. The molecule has 0 unspecified atom stereocenters. The van der Waals surface area contributed by atoms with Gasteiger partial charge in [-0.15, -0.1) is 12.4 Å². The summed E-state index contributed by atoms with van der Waals surface area (Å²) < 4.78 is 28.8. The van der Waals surface area contributed by atoms with Gasteiger partial charge in [0, 0.05) is 19.6 Å². The third kappa shape index (κ3) is 5.89. The molecule has 0 fully saturated rings. The van der Waals surface area contributed by atoms with E-state index < -0.39 is 10.0 Å². The molecule has 0 aromatic heterocycles. The number of hydrogen-bond acceptors (Lipinski definition) is 3. The summed E-state index contributed by atoms with van der Waals surface area (Å²) in [6, 6.07) is 8.71. The molecule has 4 nitrogen and oxygen atoms in total. The van der Waals surface area contributed by atoms with Gasteiger partial charge in [-0.3, -0.25) is 4.90 Å². The Kier molecular flexibility index (Phi) is 9.14. The molecule has 31 heavy (non-hydrogen) atoms. The minimum atomic E-state index is -3.48. The smallest absolute Gasteiger partial charge is 0.241 e. The van der Waals surface area contributed by atoms with Crippen molar-refractivity contribution in [1.82, 2.24) is 9.62 Å². The van der Waals surface area contributed by atoms with Gasteiger partial charge in [-0.2, -0.15) is 0 Å². The van der Waals surface area contributed by atoms with Crippen LogP contribution >= 0.6 is 12.4 Å². The van der Waals surface area contributed by atoms with Gasteiger partial charge in [0.15, 0.2) is 0 Å². The SMILES string of the molecule is Cc1c(C)c(C)c(S(=O)(=O)NCCCCCN2CCc3ccccc3C2)c(C)c1C.Cl. The summed E-state index contributed by atoms with van der Waals surface area (Å²) in [5, 5.41) is 0. The molecule has 172 valence electrons. The molecule has 2 aromatic rings. The van der Waals surface area contributed by atoms with E-state index in [9.17, 15) is 8.42 Å². The maximum Gasteiger partial charge on any atom is 0.241 e. The van der Waals surface area contributed by atoms with Crippen LogP contribution < -0.4 is 4.72 Å². The molecule has 0 radical (unpaired) electrons. The Hall–Kier alpha value is -1.40. The van der Waals surface area contributed by atoms with Crippen molar-refractivity contribution in [2.45, 2.75) is 71.7 Å². The Balaban J connectivity index is 0.00000341. The van der Waals surface area contributed by atoms with E-state index in [1.165, 1.54) is 16.7 Å². The van der Waals surface area contributed by atoms with Crippen molar-refractivity contribution in [2.24, 2.45) is 0 Å². The summed E-state index contributed by atoms with van der Waals surface area (Å²) in [6.45, 7) is 13.6. The van der Waals surface area contributed by atoms with E-state index in [1.807, 2.05) is 27.7 Å². The van der Waals surface area contributed by atoms with Gasteiger partial charge in [0.2, 0.25) is 10.0 Å². The summed E-state index contributed by atoms with van der Waals surface area (Å²) >= 11 is 0. The van der Waals surface area contributed by atoms with Crippen LogP contribution in [-0.2, 0) is 23.0 Å². The number of unbranched alkanes of at least 4 members (excludes halogenated alkanes) is 2. The van der Waals surface area contributed by atoms with Crippen LogP contribution in [0.1, 0.15) is 58.2 Å². The zero-order chi connectivity index (χ0) is 21.9. The molecular formula is C25H37ClN2O2S. The first kappa shape index (κ1) is 25.9. The van der Waals surface area contributed by atoms with Crippen LogP contribution in [0.4, 0.5) is 0 Å². The van der Waals surface area contributed by atoms with Crippen LogP contribution in [0.5, 0.6) is 0 Å². The van der Waals surface area contributed by atoms with E-state index >= 15 is 0 Å². The number of rotatable bonds is 8. The number of hydrogen-bond donors (Lipinski definition) is 1. The van der Waals surface area contributed by atoms with Crippen molar-refractivity contribution in [1.29, 1.82) is 0 Å². The van der Waals surface area contributed by atoms with E-state index in [2.05, 4.69) is 40.8 Å². The molecule has 1 N–H and O–H groups in total. The fraction of sp³-hybridized carbons (Fsp3) is 0.520. The standard InChI is InChI=1S/C25H36N2O2S.ClH/c1-18-19(2)21(4)25(22(5)20(18)3)30(28,29)26-14-9-6-10-15-27-16-13-23-11-7-8-12-24(23)17-27;/h7-8,11-12,26H,6,9-10,13-17H2,1-5H3;1H. The monoisotopic (exact) mass is 464 g/mol. The van der Waals surface area contributed by atoms with Gasteiger partial charge in [0.05, 0.1) is 4.90 Å². The van der Waals surface area contributed by atoms with Crippen molar-refractivity contribution in [3.63, 3.8) is 0 Å². The number of nitrogens with zero attached hydrogens (tertiary/aromatic N) is 1. The van der Waals surface area contributed by atoms with Crippen molar-refractivity contribution >= 4 is 22.4 Å². The molecule has 6 heteroatoms. The molecule has 0 atom stereocenters. The molecule has 0 bridgehead atoms. The number of fused-ring (bicyclic) bond motifs is 1. The van der Waals surface area contributed by atoms with Crippen molar-refractivity contribution in [2.75, 3.05) is 19.6 Å². The zero-order valence-electron chi connectivity index (χ0n) is 19.5. The molecule has 0 amide bonds. The lowest BCUT2D eigenvalue weighted by atomic mass is 9.95. The van der Waals surface area contributed by atoms with Crippen molar-refractivity contribution in [3.05, 3.63) is 63.2 Å². The second-order valence-electron chi connectivity index (χ2n) is 8.71. The molecule has 0 spiro atoms. The predicted octanol–water partition coefficient (Wildman–Crippen LogP) is 5.16. The Morgan fingerprint density at radius 3 is 2.06 bits per heavy atom. The summed E-state index contributed by atoms with van der Waals surface area (Å²) in [7, 11) is -3.48. The molecule has 2 aromatic carbocycles. The van der Waals surface area contributed by atoms with E-state index in [0.717, 1.165) is 67.6 Å². The van der Waals surface area contributed by atoms with Gasteiger partial charge in [-0.05, 0) is 99.4 Å². The second kappa shape index (κ2) is 11.0. The molecule has 0 saturated heterocycles. The summed E-state index contributed by atoms with van der Waals surface area (Å²) in [5.74, 6) is 0. The Morgan fingerprint density at radius 1 is 0.839 bits per heavy atom. The molecule has 1 aliphatic heterocycles. The maximum atomic E-state index is 13.0. The molecular weight excluding hydrogens is 428 g/mol. The second-order valence-corrected chi connectivity index (χ2v) is 10.4. The lowest BCUT2D eigenvalue weighted by Gasteiger charge is -2.28. The Labute approximate surface area is 194 Å². The van der Waals surface area contributed by atoms with Crippen LogP contribution in [0, 0.1) is 34.6 Å². The maximum absolute atomic E-state index is 13.0. The predicted molar refractivity (Wildman–Crippen MR) is 132 cm³/mol. The fourth-order valence-corrected chi connectivity index (χ4v) is 6.20. The molecule has 0 saturated carbocycles. The highest BCUT2D eigenvalue weighted by Crippen LogP contribution is 2.29. The third-order valence-electron chi connectivity index (χ3n) is 6.85. The van der Waals surface area contributed by atoms with Gasteiger partial charge >= 0.3 is 0 Å². The zero-order valence-corrected chi connectivity index (χ0v) is 21.2. The highest BCUT2D eigenvalue weighted by molar-refractivity contribution is 7.89. The molecule has 0 aliphatic carbocycles. The minimum absolute atomic E-state index is 0. The number of sulfonamides is 1. The minimum Gasteiger partial charge on any atom is -0.299 e. The first-order valence-corrected chi connectivity index (χ1v) is 12.6. The first-order chi connectivity index (χ1) is 14.2. The lowest BCUT2D eigenvalue weighted by molar-refractivity contribution is 0.248. The van der Waals surface area contributed by atoms with Gasteiger partial charge < -0.3 is 0 Å². The van der Waals surface area contributed by atoms with Crippen molar-refractivity contribution < 1.29 is 8.42 Å². The summed E-state index contributed by atoms with van der Waals surface area (Å²) in [6.07, 6.45) is 4.13. The highest BCUT2D eigenvalue weighted by atomic mass is 35.5. The van der Waals surface area contributed by atoms with Crippen LogP contribution in [-0.4, -0.2) is 33.0 Å². The largest absolute Gasteiger partial charge is 0.299 e. The van der Waals surface area contributed by atoms with Gasteiger partial charge in [-0.25, -0.2) is 13.1 Å². The number of halogens is 1. The lowest BCUT2D eigenvalue weighted by Crippen LogP contribution is -2.31. The van der Waals surface area contributed by atoms with Crippen LogP contribution in [0.25, 0.3) is 0 Å². The average Bonchev–Trinajstić information content (AvgIpc) is 2.73. The van der Waals surface area contributed by atoms with E-state index in [0.29, 0.717) is 11.4 Å².